The van der Waals surface area contributed by atoms with Gasteiger partial charge in [0, 0.05) is 6.54 Å². The SMILES string of the molecule is CC(C)(C)OC(=O)N1C[C@H](O[Si](C)(C)C(C)(C)C)C[C@H]1COc1ccccc1. The van der Waals surface area contributed by atoms with Crippen molar-refractivity contribution in [2.24, 2.45) is 0 Å². The van der Waals surface area contributed by atoms with Crippen LogP contribution in [-0.2, 0) is 9.16 Å². The molecule has 1 aliphatic rings. The predicted octanol–water partition coefficient (Wildman–Crippen LogP) is 5.47. The molecule has 1 aromatic rings. The molecule has 0 aromatic heterocycles. The molecule has 158 valence electrons. The van der Waals surface area contributed by atoms with E-state index in [2.05, 4.69) is 33.9 Å². The first-order valence-corrected chi connectivity index (χ1v) is 13.0. The summed E-state index contributed by atoms with van der Waals surface area (Å²) in [5.41, 5.74) is -0.527. The number of benzene rings is 1. The maximum atomic E-state index is 12.8. The van der Waals surface area contributed by atoms with Crippen LogP contribution in [0.25, 0.3) is 0 Å². The number of hydrogen-bond donors (Lipinski definition) is 0. The molecule has 1 heterocycles. The maximum absolute atomic E-state index is 12.8. The maximum Gasteiger partial charge on any atom is 0.410 e. The molecule has 0 spiro atoms. The van der Waals surface area contributed by atoms with Crippen LogP contribution in [0.5, 0.6) is 5.75 Å². The molecule has 28 heavy (non-hydrogen) atoms. The van der Waals surface area contributed by atoms with Gasteiger partial charge in [-0.1, -0.05) is 39.0 Å². The van der Waals surface area contributed by atoms with Gasteiger partial charge in [0.15, 0.2) is 8.32 Å². The molecule has 1 aliphatic heterocycles. The molecule has 0 radical (unpaired) electrons. The van der Waals surface area contributed by atoms with Crippen LogP contribution in [-0.4, -0.2) is 50.2 Å². The lowest BCUT2D eigenvalue weighted by Gasteiger charge is -2.38. The van der Waals surface area contributed by atoms with Crippen molar-refractivity contribution in [3.05, 3.63) is 30.3 Å². The van der Waals surface area contributed by atoms with E-state index in [-0.39, 0.29) is 23.3 Å². The molecule has 0 unspecified atom stereocenters. The normalized spacial score (nSPS) is 20.9. The molecule has 1 amide bonds. The number of rotatable bonds is 5. The number of hydrogen-bond acceptors (Lipinski definition) is 4. The second-order valence-corrected chi connectivity index (χ2v) is 14.9. The van der Waals surface area contributed by atoms with Crippen LogP contribution in [0.3, 0.4) is 0 Å². The lowest BCUT2D eigenvalue weighted by atomic mass is 10.2. The van der Waals surface area contributed by atoms with E-state index in [0.717, 1.165) is 12.2 Å². The number of carbonyl (C=O) groups excluding carboxylic acids is 1. The highest BCUT2D eigenvalue weighted by Gasteiger charge is 2.44. The fourth-order valence-electron chi connectivity index (χ4n) is 2.96. The van der Waals surface area contributed by atoms with Gasteiger partial charge >= 0.3 is 6.09 Å². The van der Waals surface area contributed by atoms with Gasteiger partial charge in [-0.15, -0.1) is 0 Å². The molecule has 0 bridgehead atoms. The van der Waals surface area contributed by atoms with E-state index in [1.54, 1.807) is 4.90 Å². The molecule has 6 heteroatoms. The average Bonchev–Trinajstić information content (AvgIpc) is 2.93. The molecular formula is C22H37NO4Si. The Morgan fingerprint density at radius 1 is 1.11 bits per heavy atom. The molecule has 1 aromatic carbocycles. The number of amides is 1. The van der Waals surface area contributed by atoms with Crippen LogP contribution in [0.1, 0.15) is 48.0 Å². The summed E-state index contributed by atoms with van der Waals surface area (Å²) in [7, 11) is -1.92. The summed E-state index contributed by atoms with van der Waals surface area (Å²) in [4.78, 5) is 14.6. The molecular weight excluding hydrogens is 370 g/mol. The largest absolute Gasteiger partial charge is 0.491 e. The summed E-state index contributed by atoms with van der Waals surface area (Å²) in [6.45, 7) is 17.8. The third kappa shape index (κ3) is 6.24. The predicted molar refractivity (Wildman–Crippen MR) is 115 cm³/mol. The summed E-state index contributed by atoms with van der Waals surface area (Å²) >= 11 is 0. The summed E-state index contributed by atoms with van der Waals surface area (Å²) in [5, 5.41) is 0.127. The van der Waals surface area contributed by atoms with E-state index in [4.69, 9.17) is 13.9 Å². The lowest BCUT2D eigenvalue weighted by Crippen LogP contribution is -2.45. The van der Waals surface area contributed by atoms with Crippen LogP contribution in [0.15, 0.2) is 30.3 Å². The van der Waals surface area contributed by atoms with E-state index in [0.29, 0.717) is 13.2 Å². The highest BCUT2D eigenvalue weighted by atomic mass is 28.4. The second-order valence-electron chi connectivity index (χ2n) is 10.1. The fraction of sp³-hybridized carbons (Fsp3) is 0.682. The third-order valence-corrected chi connectivity index (χ3v) is 9.99. The Morgan fingerprint density at radius 3 is 2.25 bits per heavy atom. The van der Waals surface area contributed by atoms with E-state index in [1.165, 1.54) is 0 Å². The Hall–Kier alpha value is -1.53. The Labute approximate surface area is 171 Å². The van der Waals surface area contributed by atoms with Gasteiger partial charge in [-0.25, -0.2) is 4.79 Å². The number of carbonyl (C=O) groups is 1. The zero-order valence-corrected chi connectivity index (χ0v) is 19.7. The van der Waals surface area contributed by atoms with Gasteiger partial charge in [0.05, 0.1) is 12.1 Å². The van der Waals surface area contributed by atoms with Crippen molar-refractivity contribution in [3.8, 4) is 5.75 Å². The Bertz CT molecular complexity index is 649. The van der Waals surface area contributed by atoms with E-state index < -0.39 is 13.9 Å². The zero-order valence-electron chi connectivity index (χ0n) is 18.7. The second kappa shape index (κ2) is 8.45. The molecule has 2 rings (SSSR count). The van der Waals surface area contributed by atoms with Crippen molar-refractivity contribution in [3.63, 3.8) is 0 Å². The van der Waals surface area contributed by atoms with Crippen molar-refractivity contribution in [2.75, 3.05) is 13.2 Å². The average molecular weight is 408 g/mol. The Kier molecular flexibility index (Phi) is 6.87. The van der Waals surface area contributed by atoms with Crippen LogP contribution in [0, 0.1) is 0 Å². The van der Waals surface area contributed by atoms with Gasteiger partial charge in [-0.05, 0) is 57.5 Å². The summed E-state index contributed by atoms with van der Waals surface area (Å²) in [5.74, 6) is 0.806. The monoisotopic (exact) mass is 407 g/mol. The highest BCUT2D eigenvalue weighted by Crippen LogP contribution is 2.39. The van der Waals surface area contributed by atoms with E-state index in [9.17, 15) is 4.79 Å². The Morgan fingerprint density at radius 2 is 1.71 bits per heavy atom. The number of ether oxygens (including phenoxy) is 2. The van der Waals surface area contributed by atoms with Crippen molar-refractivity contribution in [1.29, 1.82) is 0 Å². The number of para-hydroxylation sites is 1. The van der Waals surface area contributed by atoms with E-state index >= 15 is 0 Å². The minimum Gasteiger partial charge on any atom is -0.491 e. The minimum atomic E-state index is -1.92. The summed E-state index contributed by atoms with van der Waals surface area (Å²) < 4.78 is 18.2. The smallest absolute Gasteiger partial charge is 0.410 e. The van der Waals surface area contributed by atoms with Gasteiger partial charge in [0.25, 0.3) is 0 Å². The quantitative estimate of drug-likeness (QED) is 0.608. The van der Waals surface area contributed by atoms with Crippen molar-refractivity contribution in [1.82, 2.24) is 4.90 Å². The zero-order chi connectivity index (χ0) is 21.2. The van der Waals surface area contributed by atoms with Gasteiger partial charge < -0.3 is 13.9 Å². The first kappa shape index (κ1) is 22.8. The first-order chi connectivity index (χ1) is 12.8. The van der Waals surface area contributed by atoms with Crippen LogP contribution < -0.4 is 4.74 Å². The van der Waals surface area contributed by atoms with Crippen LogP contribution in [0.4, 0.5) is 4.79 Å². The fourth-order valence-corrected chi connectivity index (χ4v) is 4.32. The van der Waals surface area contributed by atoms with Crippen LogP contribution >= 0.6 is 0 Å². The highest BCUT2D eigenvalue weighted by molar-refractivity contribution is 6.74. The number of nitrogens with zero attached hydrogens (tertiary/aromatic N) is 1. The molecule has 0 aliphatic carbocycles. The van der Waals surface area contributed by atoms with Gasteiger partial charge in [0.2, 0.25) is 0 Å². The molecule has 5 nitrogen and oxygen atoms in total. The minimum absolute atomic E-state index is 0.0118. The molecule has 0 N–H and O–H groups in total. The Balaban J connectivity index is 2.10. The third-order valence-electron chi connectivity index (χ3n) is 5.46. The molecule has 1 saturated heterocycles. The molecule has 1 fully saturated rings. The van der Waals surface area contributed by atoms with Gasteiger partial charge in [0.1, 0.15) is 18.0 Å². The first-order valence-electron chi connectivity index (χ1n) is 10.1. The van der Waals surface area contributed by atoms with Gasteiger partial charge in [-0.2, -0.15) is 0 Å². The molecule has 2 atom stereocenters. The summed E-state index contributed by atoms with van der Waals surface area (Å²) in [6, 6.07) is 9.63. The van der Waals surface area contributed by atoms with Crippen molar-refractivity contribution < 1.29 is 18.7 Å². The summed E-state index contributed by atoms with van der Waals surface area (Å²) in [6.07, 6.45) is 0.478. The number of likely N-dealkylation sites (tertiary alicyclic amines) is 1. The molecule has 0 saturated carbocycles. The standard InChI is InChI=1S/C22H37NO4Si/c1-21(2,3)26-20(24)23-15-19(27-28(7,8)22(4,5)6)14-17(23)16-25-18-12-10-9-11-13-18/h9-13,17,19H,14-16H2,1-8H3/t17-,19+/m0/s1. The van der Waals surface area contributed by atoms with E-state index in [1.807, 2.05) is 51.1 Å². The lowest BCUT2D eigenvalue weighted by molar-refractivity contribution is 0.0175. The topological polar surface area (TPSA) is 48.0 Å². The van der Waals surface area contributed by atoms with Crippen molar-refractivity contribution in [2.45, 2.75) is 83.8 Å². The van der Waals surface area contributed by atoms with Crippen LogP contribution in [0.2, 0.25) is 18.1 Å². The van der Waals surface area contributed by atoms with Gasteiger partial charge in [-0.3, -0.25) is 4.90 Å². The van der Waals surface area contributed by atoms with Crippen molar-refractivity contribution >= 4 is 14.4 Å².